The van der Waals surface area contributed by atoms with Crippen LogP contribution in [0.4, 0.5) is 21.8 Å². The number of nitrogen functional groups attached to an aromatic ring is 1. The minimum absolute atomic E-state index is 0.299. The highest BCUT2D eigenvalue weighted by Gasteiger charge is 2.43. The summed E-state index contributed by atoms with van der Waals surface area (Å²) in [4.78, 5) is 22.8. The minimum Gasteiger partial charge on any atom is -0.383 e. The number of pyridine rings is 2. The van der Waals surface area contributed by atoms with Crippen molar-refractivity contribution in [2.24, 2.45) is 5.92 Å². The molecule has 1 saturated carbocycles. The second-order valence-electron chi connectivity index (χ2n) is 6.69. The van der Waals surface area contributed by atoms with Crippen LogP contribution in [0.5, 0.6) is 0 Å². The summed E-state index contributed by atoms with van der Waals surface area (Å²) in [7, 11) is 0. The Bertz CT molecular complexity index is 811. The Balaban J connectivity index is 1.65. The summed E-state index contributed by atoms with van der Waals surface area (Å²) in [6.45, 7) is 3.14. The Hall–Kier alpha value is -2.44. The first-order valence-corrected chi connectivity index (χ1v) is 8.31. The van der Waals surface area contributed by atoms with E-state index in [-0.39, 0.29) is 5.91 Å². The zero-order valence-electron chi connectivity index (χ0n) is 13.5. The predicted octanol–water partition coefficient (Wildman–Crippen LogP) is 2.50. The Morgan fingerprint density at radius 3 is 2.92 bits per heavy atom. The Labute approximate surface area is 139 Å². The van der Waals surface area contributed by atoms with Crippen LogP contribution in [-0.2, 0) is 4.79 Å². The van der Waals surface area contributed by atoms with Gasteiger partial charge >= 0.3 is 0 Å². The number of nitrogens with zero attached hydrogens (tertiary/aromatic N) is 3. The molecule has 1 aliphatic heterocycles. The summed E-state index contributed by atoms with van der Waals surface area (Å²) >= 11 is 0. The fourth-order valence-corrected chi connectivity index (χ4v) is 3.30. The maximum absolute atomic E-state index is 13.0. The van der Waals surface area contributed by atoms with Gasteiger partial charge in [0.2, 0.25) is 5.91 Å². The summed E-state index contributed by atoms with van der Waals surface area (Å²) in [5.41, 5.74) is 6.08. The molecule has 1 aliphatic carbocycles. The van der Waals surface area contributed by atoms with Crippen LogP contribution in [0.3, 0.4) is 0 Å². The fraction of sp³-hybridized carbons (Fsp3) is 0.471. The number of halogens is 1. The lowest BCUT2D eigenvalue weighted by molar-refractivity contribution is -0.117. The Morgan fingerprint density at radius 1 is 1.46 bits per heavy atom. The van der Waals surface area contributed by atoms with Crippen LogP contribution in [0.15, 0.2) is 18.3 Å². The zero-order chi connectivity index (χ0) is 16.8. The molecule has 2 fully saturated rings. The number of alkyl halides is 1. The fourth-order valence-electron chi connectivity index (χ4n) is 3.30. The monoisotopic (exact) mass is 329 g/mol. The number of amides is 1. The van der Waals surface area contributed by atoms with E-state index in [0.29, 0.717) is 24.1 Å². The Morgan fingerprint density at radius 2 is 2.25 bits per heavy atom. The molecule has 3 N–H and O–H groups in total. The molecule has 3 atom stereocenters. The van der Waals surface area contributed by atoms with Crippen LogP contribution < -0.4 is 16.0 Å². The van der Waals surface area contributed by atoms with Crippen LogP contribution in [0.2, 0.25) is 0 Å². The molecule has 7 heteroatoms. The van der Waals surface area contributed by atoms with Gasteiger partial charge in [-0.05, 0) is 43.7 Å². The number of fused-ring (bicyclic) bond motifs is 1. The van der Waals surface area contributed by atoms with E-state index in [9.17, 15) is 9.18 Å². The highest BCUT2D eigenvalue weighted by molar-refractivity contribution is 5.98. The zero-order valence-corrected chi connectivity index (χ0v) is 13.5. The van der Waals surface area contributed by atoms with Crippen molar-refractivity contribution in [3.8, 4) is 0 Å². The minimum atomic E-state index is -1.02. The lowest BCUT2D eigenvalue weighted by Gasteiger charge is -2.23. The van der Waals surface area contributed by atoms with Gasteiger partial charge in [-0.1, -0.05) is 0 Å². The van der Waals surface area contributed by atoms with E-state index in [0.717, 1.165) is 36.0 Å². The number of anilines is 3. The quantitative estimate of drug-likeness (QED) is 0.904. The van der Waals surface area contributed by atoms with Gasteiger partial charge in [0.25, 0.3) is 0 Å². The van der Waals surface area contributed by atoms with E-state index in [1.807, 2.05) is 6.07 Å². The molecule has 3 heterocycles. The summed E-state index contributed by atoms with van der Waals surface area (Å²) in [6, 6.07) is 4.18. The molecule has 1 amide bonds. The predicted molar refractivity (Wildman–Crippen MR) is 91.6 cm³/mol. The van der Waals surface area contributed by atoms with E-state index in [1.165, 1.54) is 0 Å². The molecule has 6 nitrogen and oxygen atoms in total. The van der Waals surface area contributed by atoms with E-state index in [4.69, 9.17) is 5.73 Å². The molecule has 0 aromatic carbocycles. The molecule has 2 aromatic heterocycles. The molecule has 4 rings (SSSR count). The first-order chi connectivity index (χ1) is 11.5. The number of hydrogen-bond acceptors (Lipinski definition) is 5. The van der Waals surface area contributed by atoms with Crippen molar-refractivity contribution in [3.05, 3.63) is 18.3 Å². The molecular formula is C17H20FN5O. The SMILES string of the molecule is C[C@H]1CCCN1c1cc2cc(NC(=O)[C@H]3C[C@H]3F)ncc2c(N)n1. The van der Waals surface area contributed by atoms with Crippen LogP contribution >= 0.6 is 0 Å². The molecular weight excluding hydrogens is 309 g/mol. The van der Waals surface area contributed by atoms with Gasteiger partial charge in [-0.3, -0.25) is 4.79 Å². The van der Waals surface area contributed by atoms with Crippen molar-refractivity contribution in [3.63, 3.8) is 0 Å². The summed E-state index contributed by atoms with van der Waals surface area (Å²) in [5, 5.41) is 4.30. The third kappa shape index (κ3) is 2.64. The normalized spacial score (nSPS) is 25.9. The van der Waals surface area contributed by atoms with Gasteiger partial charge in [0.05, 0.1) is 5.92 Å². The molecule has 2 aliphatic rings. The van der Waals surface area contributed by atoms with E-state index < -0.39 is 12.1 Å². The highest BCUT2D eigenvalue weighted by atomic mass is 19.1. The molecule has 0 bridgehead atoms. The lowest BCUT2D eigenvalue weighted by Crippen LogP contribution is -2.27. The average Bonchev–Trinajstić information content (AvgIpc) is 3.12. The number of nitrogens with two attached hydrogens (primary N) is 1. The third-order valence-corrected chi connectivity index (χ3v) is 4.88. The van der Waals surface area contributed by atoms with Gasteiger partial charge in [-0.25, -0.2) is 14.4 Å². The number of nitrogens with one attached hydrogen (secondary N) is 1. The van der Waals surface area contributed by atoms with Gasteiger partial charge in [-0.15, -0.1) is 0 Å². The smallest absolute Gasteiger partial charge is 0.231 e. The molecule has 0 spiro atoms. The maximum atomic E-state index is 13.0. The largest absolute Gasteiger partial charge is 0.383 e. The highest BCUT2D eigenvalue weighted by Crippen LogP contribution is 2.35. The van der Waals surface area contributed by atoms with Crippen molar-refractivity contribution in [2.45, 2.75) is 38.4 Å². The summed E-state index contributed by atoms with van der Waals surface area (Å²) in [5.74, 6) is 0.839. The average molecular weight is 329 g/mol. The molecule has 2 aromatic rings. The number of rotatable bonds is 3. The summed E-state index contributed by atoms with van der Waals surface area (Å²) in [6.07, 6.45) is 3.17. The molecule has 24 heavy (non-hydrogen) atoms. The van der Waals surface area contributed by atoms with E-state index >= 15 is 0 Å². The van der Waals surface area contributed by atoms with Crippen LogP contribution in [0.1, 0.15) is 26.2 Å². The first kappa shape index (κ1) is 15.1. The van der Waals surface area contributed by atoms with Crippen LogP contribution in [0, 0.1) is 5.92 Å². The number of carbonyl (C=O) groups excluding carboxylic acids is 1. The van der Waals surface area contributed by atoms with Gasteiger partial charge in [0.1, 0.15) is 23.6 Å². The van der Waals surface area contributed by atoms with Crippen molar-refractivity contribution in [1.82, 2.24) is 9.97 Å². The maximum Gasteiger partial charge on any atom is 0.231 e. The Kier molecular flexibility index (Phi) is 3.51. The molecule has 126 valence electrons. The van der Waals surface area contributed by atoms with Crippen molar-refractivity contribution < 1.29 is 9.18 Å². The van der Waals surface area contributed by atoms with Gasteiger partial charge in [-0.2, -0.15) is 0 Å². The van der Waals surface area contributed by atoms with Gasteiger partial charge in [0, 0.05) is 24.2 Å². The molecule has 0 radical (unpaired) electrons. The topological polar surface area (TPSA) is 84.1 Å². The second kappa shape index (κ2) is 5.58. The van der Waals surface area contributed by atoms with Gasteiger partial charge in [0.15, 0.2) is 0 Å². The third-order valence-electron chi connectivity index (χ3n) is 4.88. The molecule has 1 saturated heterocycles. The van der Waals surface area contributed by atoms with Crippen LogP contribution in [-0.4, -0.2) is 34.6 Å². The molecule has 0 unspecified atom stereocenters. The van der Waals surface area contributed by atoms with Crippen LogP contribution in [0.25, 0.3) is 10.8 Å². The summed E-state index contributed by atoms with van der Waals surface area (Å²) < 4.78 is 13.0. The number of carbonyl (C=O) groups is 1. The van der Waals surface area contributed by atoms with Crippen molar-refractivity contribution in [1.29, 1.82) is 0 Å². The van der Waals surface area contributed by atoms with E-state index in [2.05, 4.69) is 27.1 Å². The first-order valence-electron chi connectivity index (χ1n) is 8.31. The number of aromatic nitrogens is 2. The second-order valence-corrected chi connectivity index (χ2v) is 6.69. The standard InChI is InChI=1S/C17H20FN5O/c1-9-3-2-4-23(9)15-6-10-5-14(20-8-12(10)16(19)22-15)21-17(24)11-7-13(11)18/h5-6,8-9,11,13H,2-4,7H2,1H3,(H2,19,22)(H,20,21,24)/t9-,11-,13+/m0/s1. The lowest BCUT2D eigenvalue weighted by atomic mass is 10.2. The number of hydrogen-bond donors (Lipinski definition) is 2. The van der Waals surface area contributed by atoms with Gasteiger partial charge < -0.3 is 16.0 Å². The van der Waals surface area contributed by atoms with Crippen molar-refractivity contribution >= 4 is 34.1 Å². The van der Waals surface area contributed by atoms with Crippen molar-refractivity contribution in [2.75, 3.05) is 22.5 Å². The van der Waals surface area contributed by atoms with E-state index in [1.54, 1.807) is 12.3 Å².